The molecule has 1 heterocycles. The molecule has 0 saturated heterocycles. The van der Waals surface area contributed by atoms with Gasteiger partial charge in [-0.3, -0.25) is 4.79 Å². The number of thiophene rings is 1. The van der Waals surface area contributed by atoms with Crippen LogP contribution in [0.2, 0.25) is 8.67 Å². The molecule has 0 spiro atoms. The van der Waals surface area contributed by atoms with E-state index in [9.17, 15) is 13.2 Å². The minimum absolute atomic E-state index is 0.00203. The van der Waals surface area contributed by atoms with Crippen molar-refractivity contribution in [3.8, 4) is 0 Å². The number of carbonyl (C=O) groups is 1. The van der Waals surface area contributed by atoms with E-state index in [1.165, 1.54) is 13.2 Å². The second kappa shape index (κ2) is 6.87. The summed E-state index contributed by atoms with van der Waals surface area (Å²) in [6.07, 6.45) is 0. The van der Waals surface area contributed by atoms with E-state index in [0.717, 1.165) is 15.6 Å². The summed E-state index contributed by atoms with van der Waals surface area (Å²) in [4.78, 5) is 10.5. The normalized spacial score (nSPS) is 12.0. The smallest absolute Gasteiger partial charge is 0.318 e. The zero-order chi connectivity index (χ0) is 14.6. The van der Waals surface area contributed by atoms with Crippen LogP contribution in [-0.2, 0) is 19.6 Å². The molecular weight excluding hydrogens is 337 g/mol. The number of hydrogen-bond acceptors (Lipinski definition) is 5. The third-order valence-electron chi connectivity index (χ3n) is 2.10. The first-order chi connectivity index (χ1) is 8.78. The Bertz CT molecular complexity index is 557. The van der Waals surface area contributed by atoms with Gasteiger partial charge in [0.05, 0.1) is 10.9 Å². The molecule has 1 N–H and O–H groups in total. The molecule has 108 valence electrons. The van der Waals surface area contributed by atoms with E-state index >= 15 is 0 Å². The van der Waals surface area contributed by atoms with Gasteiger partial charge in [0.15, 0.2) is 0 Å². The minimum atomic E-state index is -4.01. The highest BCUT2D eigenvalue weighted by atomic mass is 35.5. The first kappa shape index (κ1) is 16.7. The number of methoxy groups -OCH3 is 1. The molecule has 10 heteroatoms. The molecule has 19 heavy (non-hydrogen) atoms. The maximum Gasteiger partial charge on any atom is 0.318 e. The molecule has 0 amide bonds. The topological polar surface area (TPSA) is 83.9 Å². The van der Waals surface area contributed by atoms with Gasteiger partial charge in [-0.15, -0.1) is 11.3 Å². The van der Waals surface area contributed by atoms with Crippen molar-refractivity contribution in [1.82, 2.24) is 4.31 Å². The van der Waals surface area contributed by atoms with E-state index < -0.39 is 22.5 Å². The number of ether oxygens (including phenoxy) is 1. The molecule has 0 aliphatic heterocycles. The third kappa shape index (κ3) is 4.30. The molecule has 0 bridgehead atoms. The van der Waals surface area contributed by atoms with Crippen LogP contribution in [-0.4, -0.2) is 50.6 Å². The van der Waals surface area contributed by atoms with Crippen LogP contribution < -0.4 is 0 Å². The molecular formula is C9H11Cl2NO5S2. The van der Waals surface area contributed by atoms with Crippen LogP contribution in [0.15, 0.2) is 11.0 Å². The Morgan fingerprint density at radius 3 is 2.58 bits per heavy atom. The van der Waals surface area contributed by atoms with Crippen LogP contribution in [0.1, 0.15) is 0 Å². The summed E-state index contributed by atoms with van der Waals surface area (Å²) in [6.45, 7) is -0.688. The predicted molar refractivity (Wildman–Crippen MR) is 72.6 cm³/mol. The van der Waals surface area contributed by atoms with Gasteiger partial charge in [0, 0.05) is 13.7 Å². The van der Waals surface area contributed by atoms with Crippen molar-refractivity contribution in [2.45, 2.75) is 4.90 Å². The summed E-state index contributed by atoms with van der Waals surface area (Å²) in [5.74, 6) is -1.27. The Labute approximate surface area is 124 Å². The highest BCUT2D eigenvalue weighted by molar-refractivity contribution is 7.89. The van der Waals surface area contributed by atoms with E-state index in [2.05, 4.69) is 0 Å². The fourth-order valence-corrected chi connectivity index (χ4v) is 4.75. The lowest BCUT2D eigenvalue weighted by atomic mass is 10.6. The summed E-state index contributed by atoms with van der Waals surface area (Å²) in [6, 6.07) is 1.20. The average Bonchev–Trinajstić information content (AvgIpc) is 2.63. The second-order valence-corrected chi connectivity index (χ2v) is 7.61. The Kier molecular flexibility index (Phi) is 6.03. The van der Waals surface area contributed by atoms with Gasteiger partial charge in [0.25, 0.3) is 0 Å². The average molecular weight is 348 g/mol. The number of carboxylic acids is 1. The Morgan fingerprint density at radius 2 is 2.16 bits per heavy atom. The highest BCUT2D eigenvalue weighted by Gasteiger charge is 2.29. The van der Waals surface area contributed by atoms with Crippen molar-refractivity contribution in [2.75, 3.05) is 26.8 Å². The van der Waals surface area contributed by atoms with E-state index in [-0.39, 0.29) is 26.7 Å². The van der Waals surface area contributed by atoms with Crippen molar-refractivity contribution in [1.29, 1.82) is 0 Å². The second-order valence-electron chi connectivity index (χ2n) is 3.41. The molecule has 0 atom stereocenters. The fourth-order valence-electron chi connectivity index (χ4n) is 1.27. The summed E-state index contributed by atoms with van der Waals surface area (Å²) in [5.41, 5.74) is 0. The summed E-state index contributed by atoms with van der Waals surface area (Å²) in [5, 5.41) is 8.76. The predicted octanol–water partition coefficient (Wildman–Crippen LogP) is 1.78. The monoisotopic (exact) mass is 347 g/mol. The van der Waals surface area contributed by atoms with Gasteiger partial charge in [-0.25, -0.2) is 8.42 Å². The first-order valence-corrected chi connectivity index (χ1v) is 7.96. The van der Waals surface area contributed by atoms with E-state index in [1.807, 2.05) is 0 Å². The van der Waals surface area contributed by atoms with E-state index in [1.54, 1.807) is 0 Å². The lowest BCUT2D eigenvalue weighted by Crippen LogP contribution is -2.37. The maximum absolute atomic E-state index is 12.3. The van der Waals surface area contributed by atoms with Crippen LogP contribution in [0.3, 0.4) is 0 Å². The SMILES string of the molecule is COCCN(CC(=O)O)S(=O)(=O)c1cc(Cl)sc1Cl. The van der Waals surface area contributed by atoms with Crippen LogP contribution in [0.4, 0.5) is 0 Å². The first-order valence-electron chi connectivity index (χ1n) is 4.94. The molecule has 0 unspecified atom stereocenters. The van der Waals surface area contributed by atoms with Crippen molar-refractivity contribution >= 4 is 50.5 Å². The number of rotatable bonds is 7. The lowest BCUT2D eigenvalue weighted by molar-refractivity contribution is -0.137. The molecule has 6 nitrogen and oxygen atoms in total. The number of hydrogen-bond donors (Lipinski definition) is 1. The number of halogens is 2. The van der Waals surface area contributed by atoms with Gasteiger partial charge in [0.2, 0.25) is 10.0 Å². The number of carboxylic acid groups (broad SMARTS) is 1. The zero-order valence-corrected chi connectivity index (χ0v) is 12.9. The molecule has 1 aromatic heterocycles. The molecule has 0 radical (unpaired) electrons. The van der Waals surface area contributed by atoms with Gasteiger partial charge in [-0.05, 0) is 6.07 Å². The summed E-state index contributed by atoms with van der Waals surface area (Å²) >= 11 is 12.4. The van der Waals surface area contributed by atoms with Crippen molar-refractivity contribution < 1.29 is 23.1 Å². The van der Waals surface area contributed by atoms with Crippen LogP contribution >= 0.6 is 34.5 Å². The summed E-state index contributed by atoms with van der Waals surface area (Å²) in [7, 11) is -2.62. The largest absolute Gasteiger partial charge is 0.480 e. The van der Waals surface area contributed by atoms with Crippen molar-refractivity contribution in [3.05, 3.63) is 14.7 Å². The lowest BCUT2D eigenvalue weighted by Gasteiger charge is -2.19. The Balaban J connectivity index is 3.11. The number of aliphatic carboxylic acids is 1. The fraction of sp³-hybridized carbons (Fsp3) is 0.444. The Hall–Kier alpha value is -0.380. The zero-order valence-electron chi connectivity index (χ0n) is 9.80. The molecule has 0 saturated carbocycles. The highest BCUT2D eigenvalue weighted by Crippen LogP contribution is 2.35. The number of sulfonamides is 1. The van der Waals surface area contributed by atoms with Gasteiger partial charge in [-0.1, -0.05) is 23.2 Å². The molecule has 0 aliphatic rings. The van der Waals surface area contributed by atoms with Gasteiger partial charge in [0.1, 0.15) is 15.8 Å². The van der Waals surface area contributed by atoms with E-state index in [0.29, 0.717) is 0 Å². The standard InChI is InChI=1S/C9H11Cl2NO5S2/c1-17-3-2-12(5-8(13)14)19(15,16)6-4-7(10)18-9(6)11/h4H,2-3,5H2,1H3,(H,13,14). The quantitative estimate of drug-likeness (QED) is 0.812. The summed E-state index contributed by atoms with van der Waals surface area (Å²) < 4.78 is 30.3. The Morgan fingerprint density at radius 1 is 1.53 bits per heavy atom. The molecule has 0 fully saturated rings. The molecule has 0 aliphatic carbocycles. The van der Waals surface area contributed by atoms with Gasteiger partial charge >= 0.3 is 5.97 Å². The minimum Gasteiger partial charge on any atom is -0.480 e. The van der Waals surface area contributed by atoms with Crippen molar-refractivity contribution in [3.63, 3.8) is 0 Å². The van der Waals surface area contributed by atoms with Gasteiger partial charge < -0.3 is 9.84 Å². The van der Waals surface area contributed by atoms with Crippen LogP contribution in [0.25, 0.3) is 0 Å². The maximum atomic E-state index is 12.3. The molecule has 1 aromatic rings. The molecule has 1 rings (SSSR count). The number of nitrogens with zero attached hydrogens (tertiary/aromatic N) is 1. The van der Waals surface area contributed by atoms with Crippen LogP contribution in [0.5, 0.6) is 0 Å². The third-order valence-corrected chi connectivity index (χ3v) is 5.70. The van der Waals surface area contributed by atoms with Crippen molar-refractivity contribution in [2.24, 2.45) is 0 Å². The van der Waals surface area contributed by atoms with Crippen LogP contribution in [0, 0.1) is 0 Å². The molecule has 0 aromatic carbocycles. The van der Waals surface area contributed by atoms with E-state index in [4.69, 9.17) is 33.0 Å². The van der Waals surface area contributed by atoms with Gasteiger partial charge in [-0.2, -0.15) is 4.31 Å².